The molecule has 2 rings (SSSR count). The lowest BCUT2D eigenvalue weighted by Crippen LogP contribution is -2.48. The number of amides is 2. The van der Waals surface area contributed by atoms with Gasteiger partial charge in [0.2, 0.25) is 5.91 Å². The van der Waals surface area contributed by atoms with Crippen LogP contribution in [0, 0.1) is 0 Å². The molecule has 6 nitrogen and oxygen atoms in total. The normalized spacial score (nSPS) is 12.0. The molecule has 0 unspecified atom stereocenters. The molecule has 0 bridgehead atoms. The number of benzene rings is 2. The topological polar surface area (TPSA) is 76.7 Å². The van der Waals surface area contributed by atoms with Crippen molar-refractivity contribution >= 4 is 23.8 Å². The Labute approximate surface area is 189 Å². The fourth-order valence-corrected chi connectivity index (χ4v) is 3.22. The minimum absolute atomic E-state index is 0.240. The maximum Gasteiger partial charge on any atom is 0.408 e. The number of hydrogen-bond donors (Lipinski definition) is 2. The fraction of sp³-hybridized carbons (Fsp3) is 0.417. The zero-order valence-corrected chi connectivity index (χ0v) is 19.5. The monoisotopic (exact) mass is 444 g/mol. The number of hydrogen-bond acceptors (Lipinski definition) is 5. The van der Waals surface area contributed by atoms with Crippen LogP contribution in [0.1, 0.15) is 38.3 Å². The molecule has 1 atom stereocenters. The third kappa shape index (κ3) is 9.79. The number of carbonyl (C=O) groups excluding carboxylic acids is 2. The van der Waals surface area contributed by atoms with Gasteiger partial charge in [0.25, 0.3) is 0 Å². The first-order valence-electron chi connectivity index (χ1n) is 10.3. The van der Waals surface area contributed by atoms with Crippen molar-refractivity contribution in [2.45, 2.75) is 52.0 Å². The Morgan fingerprint density at radius 3 is 2.42 bits per heavy atom. The Morgan fingerprint density at radius 1 is 1.03 bits per heavy atom. The van der Waals surface area contributed by atoms with Gasteiger partial charge >= 0.3 is 6.09 Å². The average molecular weight is 445 g/mol. The Kier molecular flexibility index (Phi) is 9.72. The molecule has 0 spiro atoms. The van der Waals surface area contributed by atoms with Crippen molar-refractivity contribution in [3.8, 4) is 5.75 Å². The van der Waals surface area contributed by atoms with Gasteiger partial charge in [0, 0.05) is 6.54 Å². The Hall–Kier alpha value is -2.67. The minimum atomic E-state index is -0.653. The van der Waals surface area contributed by atoms with Gasteiger partial charge in [0.1, 0.15) is 24.0 Å². The van der Waals surface area contributed by atoms with Crippen molar-refractivity contribution in [2.24, 2.45) is 0 Å². The maximum absolute atomic E-state index is 12.7. The van der Waals surface area contributed by atoms with E-state index in [0.29, 0.717) is 19.6 Å². The van der Waals surface area contributed by atoms with Crippen LogP contribution in [0.25, 0.3) is 0 Å². The Balaban J connectivity index is 1.91. The number of alkyl carbamates (subject to hydrolysis) is 1. The van der Waals surface area contributed by atoms with Crippen LogP contribution in [0.2, 0.25) is 0 Å². The largest absolute Gasteiger partial charge is 0.489 e. The van der Waals surface area contributed by atoms with Gasteiger partial charge in [-0.15, -0.1) is 0 Å². The highest BCUT2D eigenvalue weighted by Gasteiger charge is 2.24. The molecule has 0 aliphatic heterocycles. The Bertz CT molecular complexity index is 837. The van der Waals surface area contributed by atoms with E-state index in [0.717, 1.165) is 22.6 Å². The average Bonchev–Trinajstić information content (AvgIpc) is 2.73. The number of ether oxygens (including phenoxy) is 2. The fourth-order valence-electron chi connectivity index (χ4n) is 2.75. The lowest BCUT2D eigenvalue weighted by atomic mass is 10.1. The number of nitrogens with one attached hydrogen (secondary N) is 2. The smallest absolute Gasteiger partial charge is 0.408 e. The van der Waals surface area contributed by atoms with E-state index < -0.39 is 17.7 Å². The summed E-state index contributed by atoms with van der Waals surface area (Å²) in [6, 6.07) is 16.9. The molecule has 7 heteroatoms. The van der Waals surface area contributed by atoms with Crippen LogP contribution >= 0.6 is 11.8 Å². The van der Waals surface area contributed by atoms with E-state index in [1.54, 1.807) is 32.5 Å². The summed E-state index contributed by atoms with van der Waals surface area (Å²) in [4.78, 5) is 24.8. The second kappa shape index (κ2) is 12.2. The zero-order chi connectivity index (χ0) is 22.7. The number of rotatable bonds is 10. The van der Waals surface area contributed by atoms with Gasteiger partial charge in [-0.2, -0.15) is 11.8 Å². The zero-order valence-electron chi connectivity index (χ0n) is 18.6. The summed E-state index contributed by atoms with van der Waals surface area (Å²) in [7, 11) is 0. The molecular formula is C24H32N2O4S. The summed E-state index contributed by atoms with van der Waals surface area (Å²) < 4.78 is 11.1. The van der Waals surface area contributed by atoms with E-state index in [2.05, 4.69) is 10.6 Å². The second-order valence-electron chi connectivity index (χ2n) is 8.12. The quantitative estimate of drug-likeness (QED) is 0.563. The molecule has 2 amide bonds. The van der Waals surface area contributed by atoms with Gasteiger partial charge in [-0.05, 0) is 62.5 Å². The molecular weight excluding hydrogens is 412 g/mol. The first-order chi connectivity index (χ1) is 14.8. The summed E-state index contributed by atoms with van der Waals surface area (Å²) >= 11 is 1.62. The SMILES string of the molecule is CSCC[C@@H](NC(=O)OC(C)(C)C)C(=O)NCc1cccc(OCc2ccccc2)c1. The highest BCUT2D eigenvalue weighted by atomic mass is 32.2. The molecule has 2 aromatic rings. The molecule has 31 heavy (non-hydrogen) atoms. The summed E-state index contributed by atoms with van der Waals surface area (Å²) in [6.45, 7) is 6.18. The first kappa shape index (κ1) is 24.6. The molecule has 0 aromatic heterocycles. The van der Waals surface area contributed by atoms with Gasteiger partial charge in [-0.25, -0.2) is 4.79 Å². The lowest BCUT2D eigenvalue weighted by molar-refractivity contribution is -0.123. The van der Waals surface area contributed by atoms with Crippen LogP contribution in [0.15, 0.2) is 54.6 Å². The standard InChI is InChI=1S/C24H32N2O4S/c1-24(2,3)30-23(28)26-21(13-14-31-4)22(27)25-16-19-11-8-12-20(15-19)29-17-18-9-6-5-7-10-18/h5-12,15,21H,13-14,16-17H2,1-4H3,(H,25,27)(H,26,28)/t21-/m1/s1. The third-order valence-corrected chi connectivity index (χ3v) is 4.88. The van der Waals surface area contributed by atoms with Gasteiger partial charge < -0.3 is 20.1 Å². The molecule has 0 fully saturated rings. The molecule has 2 N–H and O–H groups in total. The predicted octanol–water partition coefficient (Wildman–Crippen LogP) is 4.53. The van der Waals surface area contributed by atoms with Crippen LogP contribution < -0.4 is 15.4 Å². The van der Waals surface area contributed by atoms with E-state index >= 15 is 0 Å². The van der Waals surface area contributed by atoms with Crippen molar-refractivity contribution in [3.05, 3.63) is 65.7 Å². The van der Waals surface area contributed by atoms with E-state index in [4.69, 9.17) is 9.47 Å². The maximum atomic E-state index is 12.7. The molecule has 0 heterocycles. The van der Waals surface area contributed by atoms with Gasteiger partial charge in [-0.3, -0.25) is 4.79 Å². The first-order valence-corrected chi connectivity index (χ1v) is 11.7. The van der Waals surface area contributed by atoms with Crippen molar-refractivity contribution in [2.75, 3.05) is 12.0 Å². The molecule has 168 valence electrons. The number of carbonyl (C=O) groups is 2. The van der Waals surface area contributed by atoms with E-state index in [1.807, 2.05) is 60.9 Å². The van der Waals surface area contributed by atoms with Crippen molar-refractivity contribution in [3.63, 3.8) is 0 Å². The molecule has 2 aromatic carbocycles. The van der Waals surface area contributed by atoms with Crippen molar-refractivity contribution in [1.82, 2.24) is 10.6 Å². The predicted molar refractivity (Wildman–Crippen MR) is 125 cm³/mol. The van der Waals surface area contributed by atoms with E-state index in [1.165, 1.54) is 0 Å². The summed E-state index contributed by atoms with van der Waals surface area (Å²) in [5.74, 6) is 1.24. The second-order valence-corrected chi connectivity index (χ2v) is 9.11. The summed E-state index contributed by atoms with van der Waals surface area (Å²) in [6.07, 6.45) is 1.89. The van der Waals surface area contributed by atoms with E-state index in [9.17, 15) is 9.59 Å². The lowest BCUT2D eigenvalue weighted by Gasteiger charge is -2.23. The van der Waals surface area contributed by atoms with Gasteiger partial charge in [-0.1, -0.05) is 42.5 Å². The number of thioether (sulfide) groups is 1. The van der Waals surface area contributed by atoms with E-state index in [-0.39, 0.29) is 5.91 Å². The van der Waals surface area contributed by atoms with Crippen LogP contribution in [0.3, 0.4) is 0 Å². The van der Waals surface area contributed by atoms with Crippen molar-refractivity contribution < 1.29 is 19.1 Å². The minimum Gasteiger partial charge on any atom is -0.489 e. The third-order valence-electron chi connectivity index (χ3n) is 4.23. The molecule has 0 aliphatic carbocycles. The molecule has 0 saturated heterocycles. The molecule has 0 saturated carbocycles. The molecule has 0 radical (unpaired) electrons. The van der Waals surface area contributed by atoms with Crippen LogP contribution in [0.5, 0.6) is 5.75 Å². The summed E-state index contributed by atoms with van der Waals surface area (Å²) in [5.41, 5.74) is 1.39. The van der Waals surface area contributed by atoms with Crippen LogP contribution in [0.4, 0.5) is 4.79 Å². The summed E-state index contributed by atoms with van der Waals surface area (Å²) in [5, 5.41) is 5.59. The Morgan fingerprint density at radius 2 is 1.74 bits per heavy atom. The molecule has 0 aliphatic rings. The van der Waals surface area contributed by atoms with Gasteiger partial charge in [0.05, 0.1) is 0 Å². The van der Waals surface area contributed by atoms with Crippen molar-refractivity contribution in [1.29, 1.82) is 0 Å². The highest BCUT2D eigenvalue weighted by molar-refractivity contribution is 7.98. The van der Waals surface area contributed by atoms with Crippen LogP contribution in [-0.4, -0.2) is 35.7 Å². The van der Waals surface area contributed by atoms with Gasteiger partial charge in [0.15, 0.2) is 0 Å². The highest BCUT2D eigenvalue weighted by Crippen LogP contribution is 2.15. The van der Waals surface area contributed by atoms with Crippen LogP contribution in [-0.2, 0) is 22.7 Å².